The second kappa shape index (κ2) is 10.7. The van der Waals surface area contributed by atoms with E-state index in [1.165, 1.54) is 0 Å². The number of aliphatic hydroxyl groups is 7. The van der Waals surface area contributed by atoms with Crippen LogP contribution in [-0.2, 0) is 23.9 Å². The van der Waals surface area contributed by atoms with E-state index in [4.69, 9.17) is 20.9 Å². The van der Waals surface area contributed by atoms with Gasteiger partial charge in [0.2, 0.25) is 11.6 Å². The number of ether oxygens (including phenoxy) is 2. The third-order valence-corrected chi connectivity index (χ3v) is 6.67. The molecule has 0 spiro atoms. The Balaban J connectivity index is 2.87. The maximum Gasteiger partial charge on any atom is 0.335 e. The van der Waals surface area contributed by atoms with Gasteiger partial charge in [-0.25, -0.2) is 4.79 Å². The van der Waals surface area contributed by atoms with Crippen LogP contribution in [0.25, 0.3) is 0 Å². The number of nitrogens with zero attached hydrogens (tertiary/aromatic N) is 1. The number of ketones is 1. The van der Waals surface area contributed by atoms with E-state index in [9.17, 15) is 55.2 Å². The number of hydrogen-bond donors (Lipinski definition) is 10. The quantitative estimate of drug-likeness (QED) is 0.145. The van der Waals surface area contributed by atoms with Gasteiger partial charge in [0.25, 0.3) is 0 Å². The average molecular weight is 511 g/mol. The molecule has 2 aliphatic rings. The van der Waals surface area contributed by atoms with Gasteiger partial charge in [0, 0.05) is 6.92 Å². The topological polar surface area (TPSA) is 287 Å². The van der Waals surface area contributed by atoms with Crippen molar-refractivity contribution >= 4 is 17.7 Å². The van der Waals surface area contributed by atoms with E-state index in [2.05, 4.69) is 0 Å². The molecule has 2 fully saturated rings. The van der Waals surface area contributed by atoms with Crippen molar-refractivity contribution in [1.82, 2.24) is 4.90 Å². The third kappa shape index (κ3) is 4.34. The maximum atomic E-state index is 13.0. The highest BCUT2D eigenvalue weighted by molar-refractivity contribution is 5.95. The molecule has 0 aliphatic carbocycles. The van der Waals surface area contributed by atoms with E-state index in [1.54, 1.807) is 0 Å². The van der Waals surface area contributed by atoms with Gasteiger partial charge in [-0.1, -0.05) is 0 Å². The Kier molecular flexibility index (Phi) is 8.95. The first-order valence-electron chi connectivity index (χ1n) is 10.6. The number of rotatable bonds is 8. The molecule has 202 valence electrons. The number of amides is 1. The van der Waals surface area contributed by atoms with Crippen molar-refractivity contribution in [2.24, 2.45) is 11.5 Å². The molecule has 11 atom stereocenters. The van der Waals surface area contributed by atoms with E-state index in [0.717, 1.165) is 13.8 Å². The molecule has 2 aliphatic heterocycles. The molecule has 2 unspecified atom stereocenters. The second-order valence-corrected chi connectivity index (χ2v) is 8.68. The second-order valence-electron chi connectivity index (χ2n) is 8.68. The number of hydrogen-bond acceptors (Lipinski definition) is 14. The van der Waals surface area contributed by atoms with Crippen LogP contribution < -0.4 is 11.5 Å². The Bertz CT molecular complexity index is 813. The van der Waals surface area contributed by atoms with Gasteiger partial charge in [0.1, 0.15) is 42.7 Å². The molecule has 0 bridgehead atoms. The summed E-state index contributed by atoms with van der Waals surface area (Å²) in [7, 11) is 0. The number of Topliss-reactive ketones (excluding diaryl/α,β-unsaturated/α-hetero) is 1. The van der Waals surface area contributed by atoms with E-state index < -0.39 is 104 Å². The van der Waals surface area contributed by atoms with Crippen LogP contribution in [0.4, 0.5) is 0 Å². The van der Waals surface area contributed by atoms with Gasteiger partial charge >= 0.3 is 5.97 Å². The standard InChI is InChI=1S/C19H33N3O13/c1-6(26)19(15(21)14(31)12(29)9(4-24)35-19)22(7(2)27)18(5-25,17(32)33)16-10(20)13(30)11(28)8(3-23)34-16/h8-16,23-25,28-31H,3-5,20-21H2,1-2H3,(H,32,33)/t8-,9-,10-,11-,12-,13-,14+,15-,16?,18-,19?/m1/s1. The highest BCUT2D eigenvalue weighted by Gasteiger charge is 2.69. The first-order valence-corrected chi connectivity index (χ1v) is 10.6. The third-order valence-electron chi connectivity index (χ3n) is 6.67. The molecule has 2 rings (SSSR count). The molecule has 0 aromatic rings. The highest BCUT2D eigenvalue weighted by Crippen LogP contribution is 2.41. The van der Waals surface area contributed by atoms with Gasteiger partial charge in [0.15, 0.2) is 11.3 Å². The zero-order chi connectivity index (χ0) is 27.0. The summed E-state index contributed by atoms with van der Waals surface area (Å²) in [6.45, 7) is -1.84. The van der Waals surface area contributed by atoms with E-state index in [0.29, 0.717) is 0 Å². The Morgan fingerprint density at radius 1 is 0.914 bits per heavy atom. The number of carbonyl (C=O) groups excluding carboxylic acids is 2. The summed E-state index contributed by atoms with van der Waals surface area (Å²) in [6, 6.07) is -3.83. The lowest BCUT2D eigenvalue weighted by atomic mass is 9.76. The number of carboxylic acid groups (broad SMARTS) is 1. The summed E-state index contributed by atoms with van der Waals surface area (Å²) in [5.41, 5.74) is 5.98. The van der Waals surface area contributed by atoms with Gasteiger partial charge in [-0.2, -0.15) is 0 Å². The molecule has 1 amide bonds. The Morgan fingerprint density at radius 3 is 1.83 bits per heavy atom. The van der Waals surface area contributed by atoms with Gasteiger partial charge in [0.05, 0.1) is 31.9 Å². The van der Waals surface area contributed by atoms with Crippen molar-refractivity contribution in [2.45, 2.75) is 79.9 Å². The van der Waals surface area contributed by atoms with Crippen LogP contribution in [0.1, 0.15) is 13.8 Å². The molecule has 2 heterocycles. The lowest BCUT2D eigenvalue weighted by Crippen LogP contribution is -2.85. The van der Waals surface area contributed by atoms with Crippen LogP contribution in [0.3, 0.4) is 0 Å². The smallest absolute Gasteiger partial charge is 0.335 e. The number of carbonyl (C=O) groups is 3. The van der Waals surface area contributed by atoms with Crippen LogP contribution in [-0.4, -0.2) is 149 Å². The first-order chi connectivity index (χ1) is 16.2. The van der Waals surface area contributed by atoms with Crippen LogP contribution in [0.2, 0.25) is 0 Å². The first kappa shape index (κ1) is 29.4. The van der Waals surface area contributed by atoms with Crippen molar-refractivity contribution in [1.29, 1.82) is 0 Å². The highest BCUT2D eigenvalue weighted by atomic mass is 16.6. The minimum atomic E-state index is -3.06. The van der Waals surface area contributed by atoms with Gasteiger partial charge in [-0.05, 0) is 6.92 Å². The van der Waals surface area contributed by atoms with Crippen LogP contribution >= 0.6 is 0 Å². The summed E-state index contributed by atoms with van der Waals surface area (Å²) in [5, 5.41) is 81.2. The molecule has 0 saturated carbocycles. The minimum absolute atomic E-state index is 0.191. The van der Waals surface area contributed by atoms with Crippen molar-refractivity contribution in [2.75, 3.05) is 19.8 Å². The molecule has 2 saturated heterocycles. The Labute approximate surface area is 199 Å². The molecular weight excluding hydrogens is 478 g/mol. The maximum absolute atomic E-state index is 13.0. The van der Waals surface area contributed by atoms with E-state index in [-0.39, 0.29) is 4.90 Å². The molecule has 0 radical (unpaired) electrons. The zero-order valence-corrected chi connectivity index (χ0v) is 19.0. The number of aliphatic hydroxyl groups excluding tert-OH is 7. The van der Waals surface area contributed by atoms with Gasteiger partial charge < -0.3 is 61.8 Å². The summed E-state index contributed by atoms with van der Waals surface area (Å²) in [4.78, 5) is 39.0. The fourth-order valence-electron chi connectivity index (χ4n) is 4.82. The molecular formula is C19H33N3O13. The fraction of sp³-hybridized carbons (Fsp3) is 0.842. The number of nitrogens with two attached hydrogens (primary N) is 2. The number of carboxylic acids is 1. The van der Waals surface area contributed by atoms with Crippen molar-refractivity contribution in [3.8, 4) is 0 Å². The van der Waals surface area contributed by atoms with Gasteiger partial charge in [-0.3, -0.25) is 14.5 Å². The monoisotopic (exact) mass is 511 g/mol. The number of aliphatic carboxylic acids is 1. The van der Waals surface area contributed by atoms with Gasteiger partial charge in [-0.15, -0.1) is 0 Å². The summed E-state index contributed by atoms with van der Waals surface area (Å²) < 4.78 is 11.0. The van der Waals surface area contributed by atoms with E-state index in [1.807, 2.05) is 0 Å². The molecule has 12 N–H and O–H groups in total. The van der Waals surface area contributed by atoms with Crippen molar-refractivity contribution in [3.05, 3.63) is 0 Å². The molecule has 0 aromatic carbocycles. The lowest BCUT2D eigenvalue weighted by molar-refractivity contribution is -0.298. The minimum Gasteiger partial charge on any atom is -0.479 e. The van der Waals surface area contributed by atoms with Crippen LogP contribution in [0.15, 0.2) is 0 Å². The summed E-state index contributed by atoms with van der Waals surface area (Å²) in [5.74, 6) is -4.44. The van der Waals surface area contributed by atoms with Crippen LogP contribution in [0, 0.1) is 0 Å². The molecule has 35 heavy (non-hydrogen) atoms. The largest absolute Gasteiger partial charge is 0.479 e. The Morgan fingerprint density at radius 2 is 1.43 bits per heavy atom. The molecule has 16 heteroatoms. The molecule has 0 aromatic heterocycles. The summed E-state index contributed by atoms with van der Waals surface area (Å²) in [6.07, 6.45) is -13.0. The van der Waals surface area contributed by atoms with Crippen molar-refractivity contribution in [3.63, 3.8) is 0 Å². The lowest BCUT2D eigenvalue weighted by Gasteiger charge is -2.59. The van der Waals surface area contributed by atoms with Crippen LogP contribution in [0.5, 0.6) is 0 Å². The van der Waals surface area contributed by atoms with E-state index >= 15 is 0 Å². The predicted octanol–water partition coefficient (Wildman–Crippen LogP) is -6.82. The molecule has 16 nitrogen and oxygen atoms in total. The fourth-order valence-corrected chi connectivity index (χ4v) is 4.82. The zero-order valence-electron chi connectivity index (χ0n) is 19.0. The van der Waals surface area contributed by atoms with Crippen molar-refractivity contribution < 1.29 is 64.7 Å². The summed E-state index contributed by atoms with van der Waals surface area (Å²) >= 11 is 0. The normalized spacial score (nSPS) is 41.6. The predicted molar refractivity (Wildman–Crippen MR) is 111 cm³/mol. The Hall–Kier alpha value is -1.83. The average Bonchev–Trinajstić information content (AvgIpc) is 2.80. The SMILES string of the molecule is CC(=O)N(C1(C(C)=O)O[C@H](CO)[C@@H](O)[C@H](O)[C@H]1N)[C@@](CO)(C(=O)O)C1O[C@H](CO)[C@@H](O)[C@H](O)[C@H]1N.